The first-order valence-electron chi connectivity index (χ1n) is 5.05. The molecule has 0 radical (unpaired) electrons. The third-order valence-corrected chi connectivity index (χ3v) is 2.14. The van der Waals surface area contributed by atoms with Crippen molar-refractivity contribution in [3.63, 3.8) is 0 Å². The largest absolute Gasteiger partial charge is 0.385 e. The third kappa shape index (κ3) is 4.05. The Morgan fingerprint density at radius 1 is 1.53 bits per heavy atom. The molecule has 1 N–H and O–H groups in total. The molecule has 0 aliphatic rings. The Labute approximate surface area is 91.6 Å². The summed E-state index contributed by atoms with van der Waals surface area (Å²) >= 11 is 0. The van der Waals surface area contributed by atoms with Gasteiger partial charge in [-0.2, -0.15) is 0 Å². The molecule has 2 nitrogen and oxygen atoms in total. The van der Waals surface area contributed by atoms with Crippen molar-refractivity contribution in [2.45, 2.75) is 6.92 Å². The van der Waals surface area contributed by atoms with Gasteiger partial charge in [0.1, 0.15) is 0 Å². The molecule has 80 valence electrons. The smallest absolute Gasteiger partial charge is 0.0504 e. The van der Waals surface area contributed by atoms with Crippen LogP contribution in [0, 0.1) is 18.3 Å². The summed E-state index contributed by atoms with van der Waals surface area (Å²) in [5, 5.41) is 3.33. The molecule has 0 bridgehead atoms. The molecule has 1 aromatic rings. The van der Waals surface area contributed by atoms with Gasteiger partial charge in [-0.1, -0.05) is 18.9 Å². The molecule has 0 heterocycles. The van der Waals surface area contributed by atoms with Crippen molar-refractivity contribution in [2.75, 3.05) is 25.6 Å². The summed E-state index contributed by atoms with van der Waals surface area (Å²) in [5.41, 5.74) is 1.97. The van der Waals surface area contributed by atoms with Crippen LogP contribution in [0.1, 0.15) is 12.5 Å². The van der Waals surface area contributed by atoms with E-state index in [1.54, 1.807) is 7.11 Å². The fourth-order valence-electron chi connectivity index (χ4n) is 1.35. The second-order valence-electron chi connectivity index (χ2n) is 3.67. The number of anilines is 1. The normalized spacial score (nSPS) is 11.8. The van der Waals surface area contributed by atoms with Gasteiger partial charge < -0.3 is 10.1 Å². The highest BCUT2D eigenvalue weighted by atomic mass is 16.5. The van der Waals surface area contributed by atoms with Crippen LogP contribution in [-0.2, 0) is 4.74 Å². The quantitative estimate of drug-likeness (QED) is 0.742. The molecule has 1 rings (SSSR count). The molecule has 0 aliphatic heterocycles. The number of benzene rings is 1. The third-order valence-electron chi connectivity index (χ3n) is 2.14. The maximum Gasteiger partial charge on any atom is 0.0504 e. The zero-order chi connectivity index (χ0) is 11.1. The summed E-state index contributed by atoms with van der Waals surface area (Å²) in [6.45, 7) is 3.80. The summed E-state index contributed by atoms with van der Waals surface area (Å²) in [6.07, 6.45) is 5.32. The molecule has 0 saturated carbocycles. The van der Waals surface area contributed by atoms with E-state index in [1.165, 1.54) is 0 Å². The Morgan fingerprint density at radius 3 is 3.00 bits per heavy atom. The van der Waals surface area contributed by atoms with Crippen molar-refractivity contribution in [1.82, 2.24) is 0 Å². The van der Waals surface area contributed by atoms with Crippen LogP contribution in [0.5, 0.6) is 0 Å². The van der Waals surface area contributed by atoms with Crippen LogP contribution in [0.25, 0.3) is 0 Å². The van der Waals surface area contributed by atoms with E-state index in [0.29, 0.717) is 5.92 Å². The highest BCUT2D eigenvalue weighted by Gasteiger charge is 2.00. The van der Waals surface area contributed by atoms with E-state index in [0.717, 1.165) is 24.4 Å². The molecule has 1 unspecified atom stereocenters. The molecule has 0 aliphatic carbocycles. The Kier molecular flexibility index (Phi) is 4.73. The van der Waals surface area contributed by atoms with E-state index in [1.807, 2.05) is 24.3 Å². The van der Waals surface area contributed by atoms with Crippen molar-refractivity contribution in [3.8, 4) is 12.3 Å². The van der Waals surface area contributed by atoms with Crippen molar-refractivity contribution < 1.29 is 4.74 Å². The fourth-order valence-corrected chi connectivity index (χ4v) is 1.35. The number of terminal acetylenes is 1. The number of nitrogens with one attached hydrogen (secondary N) is 1. The Balaban J connectivity index is 2.47. The van der Waals surface area contributed by atoms with Crippen LogP contribution in [0.2, 0.25) is 0 Å². The van der Waals surface area contributed by atoms with Gasteiger partial charge in [0.25, 0.3) is 0 Å². The Hall–Kier alpha value is -1.46. The van der Waals surface area contributed by atoms with E-state index in [9.17, 15) is 0 Å². The Morgan fingerprint density at radius 2 is 2.33 bits per heavy atom. The van der Waals surface area contributed by atoms with Gasteiger partial charge in [0.2, 0.25) is 0 Å². The lowest BCUT2D eigenvalue weighted by Gasteiger charge is -2.12. The standard InChI is InChI=1S/C13H17NO/c1-4-12-6-5-7-13(8-12)14-9-11(2)10-15-3/h1,5-8,11,14H,9-10H2,2-3H3. The summed E-state index contributed by atoms with van der Waals surface area (Å²) in [5.74, 6) is 3.11. The molecule has 0 aromatic heterocycles. The fraction of sp³-hybridized carbons (Fsp3) is 0.385. The number of methoxy groups -OCH3 is 1. The van der Waals surface area contributed by atoms with E-state index >= 15 is 0 Å². The van der Waals surface area contributed by atoms with Crippen molar-refractivity contribution >= 4 is 5.69 Å². The first kappa shape index (κ1) is 11.6. The predicted molar refractivity (Wildman–Crippen MR) is 63.9 cm³/mol. The summed E-state index contributed by atoms with van der Waals surface area (Å²) < 4.78 is 5.06. The summed E-state index contributed by atoms with van der Waals surface area (Å²) in [6, 6.07) is 7.86. The van der Waals surface area contributed by atoms with Gasteiger partial charge in [-0.05, 0) is 24.1 Å². The van der Waals surface area contributed by atoms with Crippen LogP contribution in [0.15, 0.2) is 24.3 Å². The Bertz CT molecular complexity index is 341. The first-order valence-corrected chi connectivity index (χ1v) is 5.05. The number of hydrogen-bond acceptors (Lipinski definition) is 2. The van der Waals surface area contributed by atoms with Crippen LogP contribution >= 0.6 is 0 Å². The topological polar surface area (TPSA) is 21.3 Å². The molecule has 0 spiro atoms. The number of ether oxygens (including phenoxy) is 1. The minimum atomic E-state index is 0.490. The van der Waals surface area contributed by atoms with E-state index in [-0.39, 0.29) is 0 Å². The van der Waals surface area contributed by atoms with Gasteiger partial charge in [-0.15, -0.1) is 6.42 Å². The van der Waals surface area contributed by atoms with E-state index in [4.69, 9.17) is 11.2 Å². The molecular formula is C13H17NO. The molecular weight excluding hydrogens is 186 g/mol. The minimum Gasteiger partial charge on any atom is -0.385 e. The molecule has 1 atom stereocenters. The van der Waals surface area contributed by atoms with E-state index in [2.05, 4.69) is 18.2 Å². The lowest BCUT2D eigenvalue weighted by atomic mass is 10.1. The number of hydrogen-bond donors (Lipinski definition) is 1. The molecule has 15 heavy (non-hydrogen) atoms. The molecule has 0 saturated heterocycles. The van der Waals surface area contributed by atoms with Gasteiger partial charge in [0.15, 0.2) is 0 Å². The van der Waals surface area contributed by atoms with Crippen LogP contribution in [-0.4, -0.2) is 20.3 Å². The molecule has 0 amide bonds. The summed E-state index contributed by atoms with van der Waals surface area (Å²) in [4.78, 5) is 0. The van der Waals surface area contributed by atoms with Crippen LogP contribution in [0.3, 0.4) is 0 Å². The second-order valence-corrected chi connectivity index (χ2v) is 3.67. The molecule has 0 fully saturated rings. The predicted octanol–water partition coefficient (Wildman–Crippen LogP) is 2.36. The SMILES string of the molecule is C#Cc1cccc(NCC(C)COC)c1. The average molecular weight is 203 g/mol. The average Bonchev–Trinajstić information content (AvgIpc) is 2.27. The zero-order valence-corrected chi connectivity index (χ0v) is 9.29. The van der Waals surface area contributed by atoms with Crippen LogP contribution in [0.4, 0.5) is 5.69 Å². The molecule has 2 heteroatoms. The van der Waals surface area contributed by atoms with Crippen molar-refractivity contribution in [1.29, 1.82) is 0 Å². The highest BCUT2D eigenvalue weighted by Crippen LogP contribution is 2.10. The highest BCUT2D eigenvalue weighted by molar-refractivity contribution is 5.49. The summed E-state index contributed by atoms with van der Waals surface area (Å²) in [7, 11) is 1.72. The van der Waals surface area contributed by atoms with Crippen molar-refractivity contribution in [3.05, 3.63) is 29.8 Å². The maximum atomic E-state index is 5.32. The first-order chi connectivity index (χ1) is 7.26. The van der Waals surface area contributed by atoms with Gasteiger partial charge >= 0.3 is 0 Å². The lowest BCUT2D eigenvalue weighted by molar-refractivity contribution is 0.164. The molecule has 1 aromatic carbocycles. The zero-order valence-electron chi connectivity index (χ0n) is 9.29. The van der Waals surface area contributed by atoms with Gasteiger partial charge in [0, 0.05) is 24.9 Å². The lowest BCUT2D eigenvalue weighted by Crippen LogP contribution is -2.15. The van der Waals surface area contributed by atoms with Crippen LogP contribution < -0.4 is 5.32 Å². The van der Waals surface area contributed by atoms with E-state index < -0.39 is 0 Å². The monoisotopic (exact) mass is 203 g/mol. The minimum absolute atomic E-state index is 0.490. The van der Waals surface area contributed by atoms with Gasteiger partial charge in [0.05, 0.1) is 6.61 Å². The van der Waals surface area contributed by atoms with Crippen molar-refractivity contribution in [2.24, 2.45) is 5.92 Å². The van der Waals surface area contributed by atoms with Gasteiger partial charge in [-0.3, -0.25) is 0 Å². The maximum absolute atomic E-state index is 5.32. The number of rotatable bonds is 5. The van der Waals surface area contributed by atoms with Gasteiger partial charge in [-0.25, -0.2) is 0 Å². The second kappa shape index (κ2) is 6.10.